The molecular formula is C28H35NO3. The van der Waals surface area contributed by atoms with E-state index in [0.717, 1.165) is 43.2 Å². The number of carbonyl (C=O) groups is 2. The number of allylic oxidation sites excluding steroid dienone is 5. The molecule has 1 aromatic carbocycles. The van der Waals surface area contributed by atoms with Gasteiger partial charge in [-0.05, 0) is 51.0 Å². The molecule has 0 amide bonds. The molecule has 0 heterocycles. The summed E-state index contributed by atoms with van der Waals surface area (Å²) < 4.78 is 0. The van der Waals surface area contributed by atoms with E-state index in [2.05, 4.69) is 18.8 Å². The van der Waals surface area contributed by atoms with Crippen LogP contribution >= 0.6 is 0 Å². The molecule has 0 aromatic heterocycles. The van der Waals surface area contributed by atoms with Crippen LogP contribution < -0.4 is 5.32 Å². The first-order valence-electron chi connectivity index (χ1n) is 11.7. The summed E-state index contributed by atoms with van der Waals surface area (Å²) in [6.45, 7) is 10.7. The van der Waals surface area contributed by atoms with Crippen molar-refractivity contribution in [2.45, 2.75) is 65.8 Å². The molecule has 0 unspecified atom stereocenters. The molecular weight excluding hydrogens is 398 g/mol. The van der Waals surface area contributed by atoms with Crippen LogP contribution in [0, 0.1) is 11.8 Å². The Balaban J connectivity index is 2.06. The molecule has 1 aromatic rings. The molecule has 4 nitrogen and oxygen atoms in total. The summed E-state index contributed by atoms with van der Waals surface area (Å²) in [5, 5.41) is 14.7. The summed E-state index contributed by atoms with van der Waals surface area (Å²) in [5.41, 5.74) is 4.22. The molecule has 4 heteroatoms. The molecule has 170 valence electrons. The van der Waals surface area contributed by atoms with Gasteiger partial charge < -0.3 is 10.4 Å². The first-order valence-corrected chi connectivity index (χ1v) is 11.7. The van der Waals surface area contributed by atoms with E-state index in [-0.39, 0.29) is 23.2 Å². The highest BCUT2D eigenvalue weighted by molar-refractivity contribution is 6.50. The van der Waals surface area contributed by atoms with E-state index < -0.39 is 11.6 Å². The number of unbranched alkanes of at least 4 members (excludes halogenated alkanes) is 2. The van der Waals surface area contributed by atoms with Crippen LogP contribution in [0.4, 0.5) is 0 Å². The Kier molecular flexibility index (Phi) is 7.89. The van der Waals surface area contributed by atoms with Crippen LogP contribution in [0.2, 0.25) is 0 Å². The van der Waals surface area contributed by atoms with Gasteiger partial charge in [-0.25, -0.2) is 0 Å². The molecule has 2 aliphatic carbocycles. The van der Waals surface area contributed by atoms with Crippen molar-refractivity contribution in [2.24, 2.45) is 11.8 Å². The van der Waals surface area contributed by atoms with Crippen LogP contribution in [0.25, 0.3) is 0 Å². The van der Waals surface area contributed by atoms with Crippen LogP contribution in [0.3, 0.4) is 0 Å². The average molecular weight is 434 g/mol. The highest BCUT2D eigenvalue weighted by atomic mass is 16.3. The predicted octanol–water partition coefficient (Wildman–Crippen LogP) is 6.12. The summed E-state index contributed by atoms with van der Waals surface area (Å²) >= 11 is 0. The quantitative estimate of drug-likeness (QED) is 0.213. The summed E-state index contributed by atoms with van der Waals surface area (Å²) in [4.78, 5) is 26.5. The topological polar surface area (TPSA) is 66.4 Å². The third-order valence-electron chi connectivity index (χ3n) is 6.57. The van der Waals surface area contributed by atoms with Crippen LogP contribution in [0.1, 0.15) is 64.9 Å². The van der Waals surface area contributed by atoms with Gasteiger partial charge in [0.25, 0.3) is 0 Å². The monoisotopic (exact) mass is 433 g/mol. The van der Waals surface area contributed by atoms with Gasteiger partial charge in [0, 0.05) is 18.0 Å². The first-order chi connectivity index (χ1) is 15.3. The molecule has 3 rings (SSSR count). The van der Waals surface area contributed by atoms with Gasteiger partial charge in [0.1, 0.15) is 5.76 Å². The maximum absolute atomic E-state index is 13.3. The summed E-state index contributed by atoms with van der Waals surface area (Å²) in [5.74, 6) is -1.42. The van der Waals surface area contributed by atoms with E-state index in [0.29, 0.717) is 24.2 Å². The van der Waals surface area contributed by atoms with Crippen LogP contribution in [0.15, 0.2) is 76.7 Å². The number of rotatable bonds is 9. The molecule has 0 spiro atoms. The zero-order valence-corrected chi connectivity index (χ0v) is 19.5. The largest absolute Gasteiger partial charge is 0.505 e. The van der Waals surface area contributed by atoms with Gasteiger partial charge in [-0.2, -0.15) is 0 Å². The zero-order chi connectivity index (χ0) is 23.3. The lowest BCUT2D eigenvalue weighted by Gasteiger charge is -2.34. The Labute approximate surface area is 191 Å². The van der Waals surface area contributed by atoms with Crippen LogP contribution in [-0.4, -0.2) is 16.7 Å². The highest BCUT2D eigenvalue weighted by Gasteiger charge is 2.41. The minimum Gasteiger partial charge on any atom is -0.505 e. The number of carbonyl (C=O) groups excluding carboxylic acids is 2. The molecule has 2 atom stereocenters. The summed E-state index contributed by atoms with van der Waals surface area (Å²) in [6.07, 6.45) is 7.10. The van der Waals surface area contributed by atoms with E-state index in [1.54, 1.807) is 0 Å². The van der Waals surface area contributed by atoms with Crippen molar-refractivity contribution >= 4 is 11.6 Å². The van der Waals surface area contributed by atoms with Crippen LogP contribution in [-0.2, 0) is 16.1 Å². The van der Waals surface area contributed by atoms with Crippen molar-refractivity contribution < 1.29 is 14.7 Å². The fraction of sp³-hybridized carbons (Fsp3) is 0.429. The number of ketones is 2. The second-order valence-electron chi connectivity index (χ2n) is 9.10. The molecule has 0 saturated carbocycles. The fourth-order valence-corrected chi connectivity index (χ4v) is 4.74. The number of Topliss-reactive ketones (excluding diaryl/α,β-unsaturated/α-hetero) is 2. The van der Waals surface area contributed by atoms with Gasteiger partial charge in [-0.3, -0.25) is 9.59 Å². The molecule has 32 heavy (non-hydrogen) atoms. The van der Waals surface area contributed by atoms with Crippen molar-refractivity contribution in [1.82, 2.24) is 5.32 Å². The maximum atomic E-state index is 13.3. The maximum Gasteiger partial charge on any atom is 0.233 e. The summed E-state index contributed by atoms with van der Waals surface area (Å²) in [7, 11) is 0. The smallest absolute Gasteiger partial charge is 0.233 e. The lowest BCUT2D eigenvalue weighted by molar-refractivity contribution is -0.133. The number of nitrogens with one attached hydrogen (secondary N) is 1. The summed E-state index contributed by atoms with van der Waals surface area (Å²) in [6, 6.07) is 9.85. The van der Waals surface area contributed by atoms with Gasteiger partial charge >= 0.3 is 0 Å². The number of hydrogen-bond donors (Lipinski definition) is 2. The Hall–Kier alpha value is -2.88. The molecule has 0 bridgehead atoms. The van der Waals surface area contributed by atoms with Gasteiger partial charge in [-0.1, -0.05) is 73.9 Å². The SMILES string of the molecule is C=C(C)[C@@H]1CCC(C)=C[C@H]1C1=C(O)C(NCc2ccccc2)=C(CCCCC)C(=O)C1=O. The molecule has 0 saturated heterocycles. The molecule has 0 aliphatic heterocycles. The third kappa shape index (κ3) is 5.12. The van der Waals surface area contributed by atoms with Crippen LogP contribution in [0.5, 0.6) is 0 Å². The second-order valence-corrected chi connectivity index (χ2v) is 9.10. The Morgan fingerprint density at radius 2 is 1.88 bits per heavy atom. The number of hydrogen-bond acceptors (Lipinski definition) is 4. The predicted molar refractivity (Wildman–Crippen MR) is 129 cm³/mol. The molecule has 2 N–H and O–H groups in total. The fourth-order valence-electron chi connectivity index (χ4n) is 4.74. The Morgan fingerprint density at radius 1 is 1.16 bits per heavy atom. The van der Waals surface area contributed by atoms with E-state index in [1.165, 1.54) is 5.57 Å². The van der Waals surface area contributed by atoms with Crippen molar-refractivity contribution in [3.8, 4) is 0 Å². The molecule has 0 fully saturated rings. The average Bonchev–Trinajstić information content (AvgIpc) is 2.77. The number of aliphatic hydroxyl groups is 1. The number of aliphatic hydroxyl groups excluding tert-OH is 1. The van der Waals surface area contributed by atoms with Gasteiger partial charge in [0.05, 0.1) is 11.3 Å². The van der Waals surface area contributed by atoms with Gasteiger partial charge in [0.15, 0.2) is 0 Å². The molecule has 2 aliphatic rings. The van der Waals surface area contributed by atoms with E-state index in [4.69, 9.17) is 0 Å². The lowest BCUT2D eigenvalue weighted by atomic mass is 9.70. The van der Waals surface area contributed by atoms with E-state index in [9.17, 15) is 14.7 Å². The molecule has 0 radical (unpaired) electrons. The minimum atomic E-state index is -0.568. The lowest BCUT2D eigenvalue weighted by Crippen LogP contribution is -2.36. The first kappa shape index (κ1) is 23.8. The second kappa shape index (κ2) is 10.6. The van der Waals surface area contributed by atoms with Crippen molar-refractivity contribution in [2.75, 3.05) is 0 Å². The standard InChI is InChI=1S/C28H35NO3/c1-5-6-8-13-22-25(29-17-20-11-9-7-10-12-20)27(31)24(28(32)26(22)30)23-16-19(4)14-15-21(23)18(2)3/h7,9-12,16,21,23,29,31H,2,5-6,8,13-15,17H2,1,3-4H3/t21-,23+/m0/s1. The highest BCUT2D eigenvalue weighted by Crippen LogP contribution is 2.41. The van der Waals surface area contributed by atoms with Crippen molar-refractivity contribution in [3.63, 3.8) is 0 Å². The van der Waals surface area contributed by atoms with Gasteiger partial charge in [0.2, 0.25) is 11.6 Å². The van der Waals surface area contributed by atoms with Crippen molar-refractivity contribution in [3.05, 3.63) is 82.3 Å². The Morgan fingerprint density at radius 3 is 2.53 bits per heavy atom. The van der Waals surface area contributed by atoms with Crippen molar-refractivity contribution in [1.29, 1.82) is 0 Å². The Bertz CT molecular complexity index is 981. The number of benzene rings is 1. The normalized spacial score (nSPS) is 21.7. The zero-order valence-electron chi connectivity index (χ0n) is 19.5. The van der Waals surface area contributed by atoms with E-state index in [1.807, 2.05) is 50.3 Å². The van der Waals surface area contributed by atoms with Gasteiger partial charge in [-0.15, -0.1) is 0 Å². The minimum absolute atomic E-state index is 0.0321. The third-order valence-corrected chi connectivity index (χ3v) is 6.57. The van der Waals surface area contributed by atoms with E-state index >= 15 is 0 Å².